The quantitative estimate of drug-likeness (QED) is 0.690. The van der Waals surface area contributed by atoms with Crippen LogP contribution < -0.4 is 15.0 Å². The molecular formula is C20H25FN3O4S+. The van der Waals surface area contributed by atoms with E-state index >= 15 is 0 Å². The van der Waals surface area contributed by atoms with E-state index in [0.29, 0.717) is 44.2 Å². The van der Waals surface area contributed by atoms with Crippen molar-refractivity contribution in [2.75, 3.05) is 44.6 Å². The standard InChI is InChI=1S/C20H24FN3O4S/c1-2-28-19-6-4-3-5-18(19)22-20(25)15-23-11-13-24(14-12-23)29(26,27)17-9-7-16(21)8-10-17/h3-10H,2,11-15H2,1H3,(H,22,25)/p+1. The van der Waals surface area contributed by atoms with Crippen LogP contribution in [0.15, 0.2) is 53.4 Å². The number of halogens is 1. The van der Waals surface area contributed by atoms with Crippen molar-refractivity contribution in [3.63, 3.8) is 0 Å². The van der Waals surface area contributed by atoms with E-state index < -0.39 is 15.8 Å². The second-order valence-electron chi connectivity index (χ2n) is 6.76. The maximum atomic E-state index is 13.1. The Morgan fingerprint density at radius 2 is 1.79 bits per heavy atom. The van der Waals surface area contributed by atoms with Gasteiger partial charge in [0.15, 0.2) is 6.54 Å². The highest BCUT2D eigenvalue weighted by Crippen LogP contribution is 2.23. The normalized spacial score (nSPS) is 15.8. The Balaban J connectivity index is 1.54. The third kappa shape index (κ3) is 5.31. The van der Waals surface area contributed by atoms with Crippen molar-refractivity contribution in [2.24, 2.45) is 0 Å². The molecule has 0 unspecified atom stereocenters. The van der Waals surface area contributed by atoms with Gasteiger partial charge in [0.05, 0.1) is 43.4 Å². The van der Waals surface area contributed by atoms with Gasteiger partial charge in [0.2, 0.25) is 10.0 Å². The molecular weight excluding hydrogens is 397 g/mol. The zero-order valence-corrected chi connectivity index (χ0v) is 17.0. The van der Waals surface area contributed by atoms with Crippen molar-refractivity contribution in [3.8, 4) is 5.75 Å². The summed E-state index contributed by atoms with van der Waals surface area (Å²) in [4.78, 5) is 13.5. The SMILES string of the molecule is CCOc1ccccc1NC(=O)C[NH+]1CCN(S(=O)(=O)c2ccc(F)cc2)CC1. The summed E-state index contributed by atoms with van der Waals surface area (Å²) in [5, 5.41) is 2.86. The molecule has 0 aliphatic carbocycles. The summed E-state index contributed by atoms with van der Waals surface area (Å²) in [6.45, 7) is 4.26. The van der Waals surface area contributed by atoms with Crippen LogP contribution in [0.2, 0.25) is 0 Å². The second-order valence-corrected chi connectivity index (χ2v) is 8.70. The van der Waals surface area contributed by atoms with Gasteiger partial charge in [-0.2, -0.15) is 4.31 Å². The van der Waals surface area contributed by atoms with Gasteiger partial charge in [-0.1, -0.05) is 12.1 Å². The Bertz CT molecular complexity index is 942. The van der Waals surface area contributed by atoms with E-state index in [1.165, 1.54) is 16.4 Å². The van der Waals surface area contributed by atoms with E-state index in [1.807, 2.05) is 19.1 Å². The molecule has 2 aromatic carbocycles. The van der Waals surface area contributed by atoms with Gasteiger partial charge in [-0.25, -0.2) is 12.8 Å². The molecule has 1 heterocycles. The maximum absolute atomic E-state index is 13.1. The molecule has 3 rings (SSSR count). The van der Waals surface area contributed by atoms with Crippen molar-refractivity contribution >= 4 is 21.6 Å². The Morgan fingerprint density at radius 1 is 1.14 bits per heavy atom. The van der Waals surface area contributed by atoms with Gasteiger partial charge in [0, 0.05) is 0 Å². The van der Waals surface area contributed by atoms with Gasteiger partial charge < -0.3 is 15.0 Å². The highest BCUT2D eigenvalue weighted by atomic mass is 32.2. The lowest BCUT2D eigenvalue weighted by Crippen LogP contribution is -3.15. The minimum atomic E-state index is -3.65. The smallest absolute Gasteiger partial charge is 0.279 e. The highest BCUT2D eigenvalue weighted by molar-refractivity contribution is 7.89. The van der Waals surface area contributed by atoms with Gasteiger partial charge in [0.1, 0.15) is 11.6 Å². The number of sulfonamides is 1. The molecule has 7 nitrogen and oxygen atoms in total. The molecule has 9 heteroatoms. The zero-order chi connectivity index (χ0) is 20.9. The van der Waals surface area contributed by atoms with Gasteiger partial charge >= 0.3 is 0 Å². The molecule has 0 spiro atoms. The number of hydrogen-bond donors (Lipinski definition) is 2. The molecule has 29 heavy (non-hydrogen) atoms. The Morgan fingerprint density at radius 3 is 2.45 bits per heavy atom. The number of quaternary nitrogens is 1. The summed E-state index contributed by atoms with van der Waals surface area (Å²) in [7, 11) is -3.65. The first kappa shape index (κ1) is 21.2. The minimum absolute atomic E-state index is 0.0765. The van der Waals surface area contributed by atoms with Gasteiger partial charge in [-0.15, -0.1) is 0 Å². The fourth-order valence-corrected chi connectivity index (χ4v) is 4.69. The average Bonchev–Trinajstić information content (AvgIpc) is 2.70. The van der Waals surface area contributed by atoms with Crippen LogP contribution in [0.25, 0.3) is 0 Å². The van der Waals surface area contributed by atoms with Crippen LogP contribution in [0, 0.1) is 5.82 Å². The van der Waals surface area contributed by atoms with E-state index in [-0.39, 0.29) is 17.3 Å². The molecule has 0 bridgehead atoms. The molecule has 0 radical (unpaired) electrons. The molecule has 0 atom stereocenters. The Labute approximate surface area is 170 Å². The van der Waals surface area contributed by atoms with Gasteiger partial charge in [-0.3, -0.25) is 4.79 Å². The van der Waals surface area contributed by atoms with E-state index in [4.69, 9.17) is 4.74 Å². The fraction of sp³-hybridized carbons (Fsp3) is 0.350. The van der Waals surface area contributed by atoms with Crippen LogP contribution in [0.4, 0.5) is 10.1 Å². The van der Waals surface area contributed by atoms with E-state index in [0.717, 1.165) is 17.0 Å². The van der Waals surface area contributed by atoms with Gasteiger partial charge in [0.25, 0.3) is 5.91 Å². The zero-order valence-electron chi connectivity index (χ0n) is 16.2. The number of rotatable bonds is 7. The number of piperazine rings is 1. The summed E-state index contributed by atoms with van der Waals surface area (Å²) in [6.07, 6.45) is 0. The number of amides is 1. The Hall–Kier alpha value is -2.49. The van der Waals surface area contributed by atoms with Gasteiger partial charge in [-0.05, 0) is 43.3 Å². The van der Waals surface area contributed by atoms with Crippen LogP contribution in [0.3, 0.4) is 0 Å². The van der Waals surface area contributed by atoms with Crippen LogP contribution in [0.5, 0.6) is 5.75 Å². The first-order valence-corrected chi connectivity index (χ1v) is 10.9. The summed E-state index contributed by atoms with van der Waals surface area (Å²) >= 11 is 0. The van der Waals surface area contributed by atoms with Crippen molar-refractivity contribution in [1.82, 2.24) is 4.31 Å². The third-order valence-corrected chi connectivity index (χ3v) is 6.67. The molecule has 1 saturated heterocycles. The number of hydrogen-bond acceptors (Lipinski definition) is 4. The van der Waals surface area contributed by atoms with Crippen molar-refractivity contribution in [3.05, 3.63) is 54.3 Å². The monoisotopic (exact) mass is 422 g/mol. The number of anilines is 1. The molecule has 1 fully saturated rings. The van der Waals surface area contributed by atoms with E-state index in [1.54, 1.807) is 12.1 Å². The van der Waals surface area contributed by atoms with Crippen molar-refractivity contribution in [2.45, 2.75) is 11.8 Å². The lowest BCUT2D eigenvalue weighted by Gasteiger charge is -2.31. The number of carbonyl (C=O) groups is 1. The van der Waals surface area contributed by atoms with E-state index in [9.17, 15) is 17.6 Å². The third-order valence-electron chi connectivity index (χ3n) is 4.75. The average molecular weight is 423 g/mol. The van der Waals surface area contributed by atoms with Crippen molar-refractivity contribution in [1.29, 1.82) is 0 Å². The summed E-state index contributed by atoms with van der Waals surface area (Å²) in [5.41, 5.74) is 0.622. The summed E-state index contributed by atoms with van der Waals surface area (Å²) < 4.78 is 45.3. The number of nitrogens with zero attached hydrogens (tertiary/aromatic N) is 1. The number of benzene rings is 2. The van der Waals surface area contributed by atoms with Crippen LogP contribution in [-0.4, -0.2) is 58.0 Å². The molecule has 2 N–H and O–H groups in total. The lowest BCUT2D eigenvalue weighted by molar-refractivity contribution is -0.895. The molecule has 2 aromatic rings. The fourth-order valence-electron chi connectivity index (χ4n) is 3.25. The first-order valence-electron chi connectivity index (χ1n) is 9.51. The molecule has 0 aromatic heterocycles. The topological polar surface area (TPSA) is 80.2 Å². The number of nitrogens with one attached hydrogen (secondary N) is 2. The number of carbonyl (C=O) groups excluding carboxylic acids is 1. The summed E-state index contributed by atoms with van der Waals surface area (Å²) in [5.74, 6) is -0.00862. The second kappa shape index (κ2) is 9.34. The molecule has 156 valence electrons. The van der Waals surface area contributed by atoms with Crippen LogP contribution >= 0.6 is 0 Å². The molecule has 1 amide bonds. The highest BCUT2D eigenvalue weighted by Gasteiger charge is 2.31. The molecule has 0 saturated carbocycles. The van der Waals surface area contributed by atoms with Crippen molar-refractivity contribution < 1.29 is 27.2 Å². The number of para-hydroxylation sites is 2. The predicted molar refractivity (Wildman–Crippen MR) is 107 cm³/mol. The molecule has 1 aliphatic rings. The maximum Gasteiger partial charge on any atom is 0.279 e. The molecule has 1 aliphatic heterocycles. The predicted octanol–water partition coefficient (Wildman–Crippen LogP) is 0.752. The van der Waals surface area contributed by atoms with E-state index in [2.05, 4.69) is 5.32 Å². The largest absolute Gasteiger partial charge is 0.492 e. The van der Waals surface area contributed by atoms with Crippen LogP contribution in [0.1, 0.15) is 6.92 Å². The Kier molecular flexibility index (Phi) is 6.83. The summed E-state index contributed by atoms with van der Waals surface area (Å²) in [6, 6.07) is 12.1. The first-order chi connectivity index (χ1) is 13.9. The minimum Gasteiger partial charge on any atom is -0.492 e. The van der Waals surface area contributed by atoms with Crippen LogP contribution in [-0.2, 0) is 14.8 Å². The lowest BCUT2D eigenvalue weighted by atomic mass is 10.3. The number of ether oxygens (including phenoxy) is 1.